The molecule has 0 saturated heterocycles. The maximum atomic E-state index is 12.3. The summed E-state index contributed by atoms with van der Waals surface area (Å²) >= 11 is 0. The average molecular weight is 397 g/mol. The molecule has 0 spiro atoms. The monoisotopic (exact) mass is 397 g/mol. The summed E-state index contributed by atoms with van der Waals surface area (Å²) in [5, 5.41) is 11.3. The summed E-state index contributed by atoms with van der Waals surface area (Å²) in [5.74, 6) is -1.77. The molecule has 0 atom stereocenters. The highest BCUT2D eigenvalue weighted by atomic mass is 16.5. The number of ether oxygens (including phenoxy) is 2. The number of benzene rings is 1. The third-order valence-electron chi connectivity index (χ3n) is 4.04. The lowest BCUT2D eigenvalue weighted by molar-refractivity contribution is -0.119. The number of hydrogen-bond acceptors (Lipinski definition) is 6. The molecule has 0 saturated carbocycles. The Labute approximate surface area is 168 Å². The Balaban J connectivity index is 1.97. The van der Waals surface area contributed by atoms with E-state index in [9.17, 15) is 14.4 Å². The minimum absolute atomic E-state index is 0.104. The molecule has 152 valence electrons. The molecule has 2 N–H and O–H groups in total. The standard InChI is InChI=1S/C21H23N3O5/c1-12(2)29-20(26)18-13(3)19(23-14(18)4)21(27)28-11-17(25)24-16-7-5-15(6-8-16)9-10-22/h5-8,12,23H,9,11H2,1-4H3,(H,24,25). The first-order chi connectivity index (χ1) is 13.7. The fourth-order valence-corrected chi connectivity index (χ4v) is 2.73. The number of aromatic amines is 1. The molecule has 2 aromatic rings. The number of esters is 2. The topological polar surface area (TPSA) is 121 Å². The van der Waals surface area contributed by atoms with Crippen molar-refractivity contribution in [3.05, 3.63) is 52.3 Å². The second-order valence-electron chi connectivity index (χ2n) is 6.74. The third kappa shape index (κ3) is 5.69. The van der Waals surface area contributed by atoms with Crippen molar-refractivity contribution < 1.29 is 23.9 Å². The minimum Gasteiger partial charge on any atom is -0.459 e. The first kappa shape index (κ1) is 21.7. The molecule has 1 aromatic carbocycles. The van der Waals surface area contributed by atoms with Crippen LogP contribution >= 0.6 is 0 Å². The zero-order valence-electron chi connectivity index (χ0n) is 16.8. The van der Waals surface area contributed by atoms with Gasteiger partial charge in [-0.2, -0.15) is 5.26 Å². The van der Waals surface area contributed by atoms with E-state index >= 15 is 0 Å². The Hall–Kier alpha value is -3.60. The van der Waals surface area contributed by atoms with Gasteiger partial charge in [0.05, 0.1) is 24.2 Å². The van der Waals surface area contributed by atoms with Crippen LogP contribution in [0, 0.1) is 25.2 Å². The summed E-state index contributed by atoms with van der Waals surface area (Å²) in [6.45, 7) is 6.26. The Kier molecular flexibility index (Phi) is 7.15. The molecule has 0 bridgehead atoms. The van der Waals surface area contributed by atoms with Gasteiger partial charge in [0.25, 0.3) is 5.91 Å². The molecule has 2 rings (SSSR count). The summed E-state index contributed by atoms with van der Waals surface area (Å²) in [6.07, 6.45) is -0.00254. The van der Waals surface area contributed by atoms with E-state index < -0.39 is 24.5 Å². The maximum Gasteiger partial charge on any atom is 0.355 e. The largest absolute Gasteiger partial charge is 0.459 e. The molecule has 1 amide bonds. The smallest absolute Gasteiger partial charge is 0.355 e. The van der Waals surface area contributed by atoms with Crippen LogP contribution in [0.25, 0.3) is 0 Å². The molecule has 0 aliphatic rings. The lowest BCUT2D eigenvalue weighted by Gasteiger charge is -2.08. The van der Waals surface area contributed by atoms with Gasteiger partial charge in [-0.05, 0) is 51.0 Å². The van der Waals surface area contributed by atoms with Crippen LogP contribution in [-0.4, -0.2) is 35.5 Å². The first-order valence-corrected chi connectivity index (χ1v) is 9.06. The van der Waals surface area contributed by atoms with Gasteiger partial charge in [-0.3, -0.25) is 4.79 Å². The van der Waals surface area contributed by atoms with Gasteiger partial charge in [0, 0.05) is 11.4 Å². The lowest BCUT2D eigenvalue weighted by Crippen LogP contribution is -2.21. The Morgan fingerprint density at radius 1 is 1.14 bits per heavy atom. The summed E-state index contributed by atoms with van der Waals surface area (Å²) in [4.78, 5) is 39.4. The number of nitrogens with zero attached hydrogens (tertiary/aromatic N) is 1. The predicted octanol–water partition coefficient (Wildman–Crippen LogP) is 3.06. The number of H-pyrrole nitrogens is 1. The Morgan fingerprint density at radius 3 is 2.38 bits per heavy atom. The van der Waals surface area contributed by atoms with E-state index in [1.54, 1.807) is 52.0 Å². The molecule has 1 aromatic heterocycles. The molecule has 0 unspecified atom stereocenters. The normalized spacial score (nSPS) is 10.3. The molecule has 8 heteroatoms. The number of hydrogen-bond donors (Lipinski definition) is 2. The van der Waals surface area contributed by atoms with Gasteiger partial charge in [0.1, 0.15) is 5.69 Å². The van der Waals surface area contributed by atoms with Crippen molar-refractivity contribution in [3.8, 4) is 6.07 Å². The van der Waals surface area contributed by atoms with Crippen molar-refractivity contribution in [1.29, 1.82) is 5.26 Å². The molecule has 0 radical (unpaired) electrons. The van der Waals surface area contributed by atoms with E-state index in [2.05, 4.69) is 10.3 Å². The summed E-state index contributed by atoms with van der Waals surface area (Å²) in [5.41, 5.74) is 2.65. The van der Waals surface area contributed by atoms with Crippen LogP contribution in [0.3, 0.4) is 0 Å². The van der Waals surface area contributed by atoms with E-state index in [1.165, 1.54) is 0 Å². The van der Waals surface area contributed by atoms with E-state index in [1.807, 2.05) is 6.07 Å². The number of amides is 1. The fourth-order valence-electron chi connectivity index (χ4n) is 2.73. The fraction of sp³-hybridized carbons (Fsp3) is 0.333. The first-order valence-electron chi connectivity index (χ1n) is 9.06. The number of carbonyl (C=O) groups excluding carboxylic acids is 3. The molecule has 29 heavy (non-hydrogen) atoms. The number of rotatable bonds is 7. The Bertz CT molecular complexity index is 952. The quantitative estimate of drug-likeness (QED) is 0.693. The van der Waals surface area contributed by atoms with Gasteiger partial charge >= 0.3 is 11.9 Å². The predicted molar refractivity (Wildman–Crippen MR) is 105 cm³/mol. The van der Waals surface area contributed by atoms with Crippen molar-refractivity contribution >= 4 is 23.5 Å². The van der Waals surface area contributed by atoms with E-state index in [0.717, 1.165) is 5.56 Å². The highest BCUT2D eigenvalue weighted by Crippen LogP contribution is 2.20. The van der Waals surface area contributed by atoms with Crippen molar-refractivity contribution in [2.24, 2.45) is 0 Å². The van der Waals surface area contributed by atoms with Crippen LogP contribution in [0.1, 0.15) is 51.5 Å². The number of carbonyl (C=O) groups is 3. The number of aryl methyl sites for hydroxylation is 1. The summed E-state index contributed by atoms with van der Waals surface area (Å²) in [6, 6.07) is 8.83. The molecular weight excluding hydrogens is 374 g/mol. The lowest BCUT2D eigenvalue weighted by atomic mass is 10.1. The average Bonchev–Trinajstić information content (AvgIpc) is 2.95. The van der Waals surface area contributed by atoms with Gasteiger partial charge in [-0.25, -0.2) is 9.59 Å². The van der Waals surface area contributed by atoms with Crippen LogP contribution in [0.2, 0.25) is 0 Å². The molecule has 0 aliphatic carbocycles. The van der Waals surface area contributed by atoms with Crippen LogP contribution in [-0.2, 0) is 20.7 Å². The van der Waals surface area contributed by atoms with Gasteiger partial charge in [-0.15, -0.1) is 0 Å². The van der Waals surface area contributed by atoms with Crippen LogP contribution in [0.4, 0.5) is 5.69 Å². The highest BCUT2D eigenvalue weighted by Gasteiger charge is 2.24. The van der Waals surface area contributed by atoms with E-state index in [4.69, 9.17) is 14.7 Å². The minimum atomic E-state index is -0.742. The maximum absolute atomic E-state index is 12.3. The van der Waals surface area contributed by atoms with E-state index in [0.29, 0.717) is 16.9 Å². The second kappa shape index (κ2) is 9.55. The molecule has 1 heterocycles. The van der Waals surface area contributed by atoms with Crippen molar-refractivity contribution in [2.75, 3.05) is 11.9 Å². The Morgan fingerprint density at radius 2 is 1.79 bits per heavy atom. The van der Waals surface area contributed by atoms with Crippen molar-refractivity contribution in [2.45, 2.75) is 40.2 Å². The summed E-state index contributed by atoms with van der Waals surface area (Å²) < 4.78 is 10.2. The van der Waals surface area contributed by atoms with Crippen molar-refractivity contribution in [3.63, 3.8) is 0 Å². The third-order valence-corrected chi connectivity index (χ3v) is 4.04. The molecule has 8 nitrogen and oxygen atoms in total. The summed E-state index contributed by atoms with van der Waals surface area (Å²) in [7, 11) is 0. The zero-order valence-corrected chi connectivity index (χ0v) is 16.8. The van der Waals surface area contributed by atoms with Crippen molar-refractivity contribution in [1.82, 2.24) is 4.98 Å². The molecular formula is C21H23N3O5. The van der Waals surface area contributed by atoms with Gasteiger partial charge in [0.2, 0.25) is 0 Å². The van der Waals surface area contributed by atoms with E-state index in [-0.39, 0.29) is 23.8 Å². The van der Waals surface area contributed by atoms with Crippen LogP contribution in [0.15, 0.2) is 24.3 Å². The zero-order chi connectivity index (χ0) is 21.6. The van der Waals surface area contributed by atoms with Gasteiger partial charge in [-0.1, -0.05) is 12.1 Å². The number of anilines is 1. The molecule has 0 aliphatic heterocycles. The second-order valence-corrected chi connectivity index (χ2v) is 6.74. The van der Waals surface area contributed by atoms with Crippen LogP contribution < -0.4 is 5.32 Å². The van der Waals surface area contributed by atoms with Crippen LogP contribution in [0.5, 0.6) is 0 Å². The number of nitriles is 1. The SMILES string of the molecule is Cc1[nH]c(C(=O)OCC(=O)Nc2ccc(CC#N)cc2)c(C)c1C(=O)OC(C)C. The van der Waals surface area contributed by atoms with Gasteiger partial charge < -0.3 is 19.8 Å². The molecule has 0 fully saturated rings. The highest BCUT2D eigenvalue weighted by molar-refractivity contribution is 5.99. The van der Waals surface area contributed by atoms with Gasteiger partial charge in [0.15, 0.2) is 6.61 Å². The number of aromatic nitrogens is 1. The number of nitrogens with one attached hydrogen (secondary N) is 2.